The van der Waals surface area contributed by atoms with Gasteiger partial charge in [-0.05, 0) is 11.1 Å². The van der Waals surface area contributed by atoms with Crippen molar-refractivity contribution >= 4 is 6.09 Å². The minimum absolute atomic E-state index is 0.150. The third-order valence-electron chi connectivity index (χ3n) is 5.22. The van der Waals surface area contributed by atoms with Crippen LogP contribution in [0.4, 0.5) is 4.79 Å². The molecule has 0 N–H and O–H groups in total. The molecule has 0 bridgehead atoms. The van der Waals surface area contributed by atoms with E-state index in [-0.39, 0.29) is 18.7 Å². The quantitative estimate of drug-likeness (QED) is 0.404. The second-order valence-corrected chi connectivity index (χ2v) is 7.04. The Bertz CT molecular complexity index is 653. The molecule has 2 aliphatic rings. The molecular weight excluding hydrogens is 360 g/mol. The van der Waals surface area contributed by atoms with Crippen LogP contribution < -0.4 is 0 Å². The molecule has 0 aliphatic carbocycles. The molecule has 2 heterocycles. The molecule has 1 aromatic rings. The van der Waals surface area contributed by atoms with Crippen LogP contribution in [0.2, 0.25) is 0 Å². The lowest BCUT2D eigenvalue weighted by molar-refractivity contribution is 0.0146. The molecule has 9 heteroatoms. The fraction of sp³-hybridized carbons (Fsp3) is 0.632. The fourth-order valence-corrected chi connectivity index (χ4v) is 3.58. The summed E-state index contributed by atoms with van der Waals surface area (Å²) in [5, 5.41) is 3.81. The number of amides is 1. The van der Waals surface area contributed by atoms with Crippen molar-refractivity contribution in [3.05, 3.63) is 46.3 Å². The zero-order chi connectivity index (χ0) is 19.6. The summed E-state index contributed by atoms with van der Waals surface area (Å²) in [6, 6.07) is 9.83. The first-order chi connectivity index (χ1) is 13.8. The van der Waals surface area contributed by atoms with Crippen molar-refractivity contribution in [3.63, 3.8) is 0 Å². The van der Waals surface area contributed by atoms with Gasteiger partial charge in [0.25, 0.3) is 0 Å². The number of benzene rings is 1. The van der Waals surface area contributed by atoms with Gasteiger partial charge in [0.05, 0.1) is 13.2 Å². The first-order valence-electron chi connectivity index (χ1n) is 9.77. The second-order valence-electron chi connectivity index (χ2n) is 7.04. The van der Waals surface area contributed by atoms with Crippen LogP contribution in [-0.2, 0) is 16.1 Å². The molecule has 0 radical (unpaired) electrons. The highest BCUT2D eigenvalue weighted by molar-refractivity contribution is 5.67. The molecule has 2 aliphatic heterocycles. The predicted molar refractivity (Wildman–Crippen MR) is 105 cm³/mol. The third-order valence-corrected chi connectivity index (χ3v) is 5.22. The lowest BCUT2D eigenvalue weighted by atomic mass is 10.2. The number of carbonyl (C=O) groups excluding carboxylic acids is 1. The molecule has 2 saturated heterocycles. The summed E-state index contributed by atoms with van der Waals surface area (Å²) >= 11 is 0. The maximum Gasteiger partial charge on any atom is 0.410 e. The summed E-state index contributed by atoms with van der Waals surface area (Å²) in [5.41, 5.74) is 9.70. The average molecular weight is 388 g/mol. The van der Waals surface area contributed by atoms with Crippen molar-refractivity contribution < 1.29 is 14.3 Å². The van der Waals surface area contributed by atoms with Gasteiger partial charge in [-0.15, -0.1) is 0 Å². The van der Waals surface area contributed by atoms with E-state index in [0.717, 1.165) is 51.5 Å². The van der Waals surface area contributed by atoms with Gasteiger partial charge in [0.15, 0.2) is 0 Å². The molecule has 152 valence electrons. The smallest absolute Gasteiger partial charge is 0.410 e. The summed E-state index contributed by atoms with van der Waals surface area (Å²) in [7, 11) is 0. The van der Waals surface area contributed by atoms with Gasteiger partial charge < -0.3 is 14.4 Å². The van der Waals surface area contributed by atoms with Crippen LogP contribution in [0, 0.1) is 0 Å². The van der Waals surface area contributed by atoms with E-state index >= 15 is 0 Å². The number of azide groups is 1. The van der Waals surface area contributed by atoms with Crippen LogP contribution in [0.1, 0.15) is 5.56 Å². The topological polar surface area (TPSA) is 94.0 Å². The molecule has 28 heavy (non-hydrogen) atoms. The monoisotopic (exact) mass is 388 g/mol. The maximum atomic E-state index is 12.3. The Hall–Kier alpha value is -2.32. The second kappa shape index (κ2) is 10.9. The number of piperazine rings is 1. The molecule has 2 fully saturated rings. The minimum Gasteiger partial charge on any atom is -0.445 e. The van der Waals surface area contributed by atoms with Gasteiger partial charge in [-0.1, -0.05) is 35.4 Å². The number of hydrogen-bond donors (Lipinski definition) is 0. The summed E-state index contributed by atoms with van der Waals surface area (Å²) in [6.45, 7) is 7.59. The van der Waals surface area contributed by atoms with Gasteiger partial charge >= 0.3 is 6.09 Å². The molecule has 0 saturated carbocycles. The lowest BCUT2D eigenvalue weighted by Crippen LogP contribution is -2.56. The molecule has 3 rings (SSSR count). The number of carbonyl (C=O) groups is 1. The zero-order valence-corrected chi connectivity index (χ0v) is 16.2. The Morgan fingerprint density at radius 3 is 2.54 bits per heavy atom. The molecule has 0 spiro atoms. The lowest BCUT2D eigenvalue weighted by Gasteiger charge is -2.40. The standard InChI is InChI=1S/C19H28N6O3/c20-22-21-14-18(15-23-10-12-27-13-11-23)24-6-8-25(9-7-24)19(26)28-16-17-4-2-1-3-5-17/h1-5,18H,6-16H2/t18-/m1/s1. The molecule has 0 aromatic heterocycles. The summed E-state index contributed by atoms with van der Waals surface area (Å²) in [6.07, 6.45) is -0.275. The van der Waals surface area contributed by atoms with Crippen LogP contribution in [0.3, 0.4) is 0 Å². The van der Waals surface area contributed by atoms with Crippen molar-refractivity contribution in [2.24, 2.45) is 5.11 Å². The summed E-state index contributed by atoms with van der Waals surface area (Å²) in [5.74, 6) is 0. The van der Waals surface area contributed by atoms with Crippen LogP contribution in [0.5, 0.6) is 0 Å². The zero-order valence-electron chi connectivity index (χ0n) is 16.2. The number of morpholine rings is 1. The molecule has 1 atom stereocenters. The largest absolute Gasteiger partial charge is 0.445 e. The van der Waals surface area contributed by atoms with E-state index in [4.69, 9.17) is 15.0 Å². The van der Waals surface area contributed by atoms with Crippen molar-refractivity contribution in [2.45, 2.75) is 12.6 Å². The molecule has 9 nitrogen and oxygen atoms in total. The highest BCUT2D eigenvalue weighted by atomic mass is 16.6. The molecule has 0 unspecified atom stereocenters. The Kier molecular flexibility index (Phi) is 7.93. The number of nitrogens with zero attached hydrogens (tertiary/aromatic N) is 6. The van der Waals surface area contributed by atoms with Crippen LogP contribution in [0.25, 0.3) is 10.4 Å². The van der Waals surface area contributed by atoms with E-state index in [1.807, 2.05) is 30.3 Å². The average Bonchev–Trinajstić information content (AvgIpc) is 2.76. The Morgan fingerprint density at radius 1 is 1.14 bits per heavy atom. The first kappa shape index (κ1) is 20.4. The Morgan fingerprint density at radius 2 is 1.86 bits per heavy atom. The van der Waals surface area contributed by atoms with Crippen molar-refractivity contribution in [1.29, 1.82) is 0 Å². The number of ether oxygens (including phenoxy) is 2. The maximum absolute atomic E-state index is 12.3. The Balaban J connectivity index is 1.47. The van der Waals surface area contributed by atoms with E-state index in [1.165, 1.54) is 0 Å². The fourth-order valence-electron chi connectivity index (χ4n) is 3.58. The van der Waals surface area contributed by atoms with Crippen LogP contribution in [0.15, 0.2) is 35.4 Å². The van der Waals surface area contributed by atoms with E-state index in [9.17, 15) is 4.79 Å². The van der Waals surface area contributed by atoms with Gasteiger partial charge in [0, 0.05) is 63.3 Å². The van der Waals surface area contributed by atoms with E-state index in [0.29, 0.717) is 19.6 Å². The van der Waals surface area contributed by atoms with E-state index < -0.39 is 0 Å². The van der Waals surface area contributed by atoms with Gasteiger partial charge in [-0.25, -0.2) is 4.79 Å². The molecule has 1 amide bonds. The van der Waals surface area contributed by atoms with Crippen LogP contribution in [-0.4, -0.2) is 92.4 Å². The van der Waals surface area contributed by atoms with Gasteiger partial charge in [-0.3, -0.25) is 9.80 Å². The summed E-state index contributed by atoms with van der Waals surface area (Å²) < 4.78 is 10.8. The van der Waals surface area contributed by atoms with Crippen molar-refractivity contribution in [1.82, 2.24) is 14.7 Å². The van der Waals surface area contributed by atoms with Crippen molar-refractivity contribution in [2.75, 3.05) is 65.6 Å². The van der Waals surface area contributed by atoms with Gasteiger partial charge in [0.1, 0.15) is 6.61 Å². The first-order valence-corrected chi connectivity index (χ1v) is 9.77. The van der Waals surface area contributed by atoms with Crippen LogP contribution >= 0.6 is 0 Å². The van der Waals surface area contributed by atoms with Gasteiger partial charge in [-0.2, -0.15) is 0 Å². The number of rotatable bonds is 7. The molecule has 1 aromatic carbocycles. The van der Waals surface area contributed by atoms with Gasteiger partial charge in [0.2, 0.25) is 0 Å². The highest BCUT2D eigenvalue weighted by Crippen LogP contribution is 2.12. The normalized spacial score (nSPS) is 19.6. The van der Waals surface area contributed by atoms with E-state index in [2.05, 4.69) is 19.8 Å². The number of hydrogen-bond acceptors (Lipinski definition) is 6. The van der Waals surface area contributed by atoms with Crippen molar-refractivity contribution in [3.8, 4) is 0 Å². The molecular formula is C19H28N6O3. The SMILES string of the molecule is [N-]=[N+]=NC[C@H](CN1CCOCC1)N1CCN(C(=O)OCc2ccccc2)CC1. The van der Waals surface area contributed by atoms with E-state index in [1.54, 1.807) is 4.90 Å². The Labute approximate surface area is 165 Å². The summed E-state index contributed by atoms with van der Waals surface area (Å²) in [4.78, 5) is 21.7. The highest BCUT2D eigenvalue weighted by Gasteiger charge is 2.28. The third kappa shape index (κ3) is 6.10. The predicted octanol–water partition coefficient (Wildman–Crippen LogP) is 1.95. The minimum atomic E-state index is -0.275.